The largest absolute Gasteiger partial charge is 0.382 e. The van der Waals surface area contributed by atoms with Crippen molar-refractivity contribution in [3.63, 3.8) is 0 Å². The molecule has 0 unspecified atom stereocenters. The van der Waals surface area contributed by atoms with Crippen molar-refractivity contribution in [3.8, 4) is 11.3 Å². The van der Waals surface area contributed by atoms with Gasteiger partial charge >= 0.3 is 0 Å². The van der Waals surface area contributed by atoms with E-state index in [0.717, 1.165) is 27.7 Å². The second kappa shape index (κ2) is 7.16. The third-order valence-corrected chi connectivity index (χ3v) is 5.07. The molecule has 5 N–H and O–H groups in total. The fourth-order valence-electron chi connectivity index (χ4n) is 3.35. The number of nitrogens with two attached hydrogens (primary N) is 1. The van der Waals surface area contributed by atoms with Crippen LogP contribution in [0.3, 0.4) is 0 Å². The Balaban J connectivity index is 1.45. The number of carbonyl (C=O) groups is 1. The van der Waals surface area contributed by atoms with Crippen LogP contribution in [0.25, 0.3) is 33.2 Å². The Hall–Kier alpha value is -3.91. The van der Waals surface area contributed by atoms with Crippen LogP contribution < -0.4 is 11.1 Å². The zero-order valence-electron chi connectivity index (χ0n) is 15.6. The number of carbonyl (C=O) groups excluding carboxylic acids is 1. The lowest BCUT2D eigenvalue weighted by atomic mass is 10.1. The maximum Gasteiger partial charge on any atom is 0.251 e. The van der Waals surface area contributed by atoms with Crippen molar-refractivity contribution >= 4 is 45.3 Å². The molecule has 0 saturated carbocycles. The normalized spacial score (nSPS) is 11.2. The number of halogens is 1. The number of imidazole rings is 1. The smallest absolute Gasteiger partial charge is 0.251 e. The van der Waals surface area contributed by atoms with Gasteiger partial charge in [-0.25, -0.2) is 9.97 Å². The summed E-state index contributed by atoms with van der Waals surface area (Å²) in [5, 5.41) is 11.3. The first kappa shape index (κ1) is 18.1. The molecule has 3 heterocycles. The summed E-state index contributed by atoms with van der Waals surface area (Å²) >= 11 is 5.87. The third kappa shape index (κ3) is 3.23. The number of H-pyrrole nitrogens is 2. The molecule has 5 aromatic rings. The lowest BCUT2D eigenvalue weighted by Crippen LogP contribution is -2.23. The Morgan fingerprint density at radius 3 is 2.70 bits per heavy atom. The molecule has 30 heavy (non-hydrogen) atoms. The van der Waals surface area contributed by atoms with Crippen molar-refractivity contribution < 1.29 is 4.79 Å². The number of nitrogens with zero attached hydrogens (tertiary/aromatic N) is 3. The van der Waals surface area contributed by atoms with E-state index in [2.05, 4.69) is 30.5 Å². The number of fused-ring (bicyclic) bond motifs is 3. The summed E-state index contributed by atoms with van der Waals surface area (Å²) in [5.74, 6) is 0.694. The summed E-state index contributed by atoms with van der Waals surface area (Å²) in [4.78, 5) is 24.6. The highest BCUT2D eigenvalue weighted by Gasteiger charge is 2.14. The minimum Gasteiger partial charge on any atom is -0.382 e. The van der Waals surface area contributed by atoms with Gasteiger partial charge in [0.2, 0.25) is 0 Å². The van der Waals surface area contributed by atoms with Gasteiger partial charge in [0.05, 0.1) is 23.3 Å². The maximum atomic E-state index is 12.3. The first-order chi connectivity index (χ1) is 14.6. The molecule has 3 aromatic heterocycles. The van der Waals surface area contributed by atoms with Crippen LogP contribution in [-0.4, -0.2) is 31.1 Å². The number of nitrogen functional groups attached to an aromatic ring is 1. The van der Waals surface area contributed by atoms with Gasteiger partial charge in [-0.15, -0.1) is 0 Å². The number of aromatic nitrogens is 5. The zero-order chi connectivity index (χ0) is 20.7. The number of amides is 1. The Morgan fingerprint density at radius 1 is 1.10 bits per heavy atom. The first-order valence-electron chi connectivity index (χ1n) is 9.20. The van der Waals surface area contributed by atoms with E-state index >= 15 is 0 Å². The lowest BCUT2D eigenvalue weighted by Gasteiger charge is -2.04. The molecule has 148 valence electrons. The molecule has 0 saturated heterocycles. The summed E-state index contributed by atoms with van der Waals surface area (Å²) in [5.41, 5.74) is 10.5. The predicted molar refractivity (Wildman–Crippen MR) is 116 cm³/mol. The Morgan fingerprint density at radius 2 is 1.93 bits per heavy atom. The van der Waals surface area contributed by atoms with Crippen molar-refractivity contribution in [2.75, 3.05) is 5.73 Å². The van der Waals surface area contributed by atoms with E-state index < -0.39 is 0 Å². The van der Waals surface area contributed by atoms with Crippen molar-refractivity contribution in [1.82, 2.24) is 30.5 Å². The van der Waals surface area contributed by atoms with Gasteiger partial charge in [0, 0.05) is 27.7 Å². The molecule has 0 atom stereocenters. The first-order valence-corrected chi connectivity index (χ1v) is 9.58. The molecule has 9 heteroatoms. The van der Waals surface area contributed by atoms with Gasteiger partial charge in [0.1, 0.15) is 11.3 Å². The van der Waals surface area contributed by atoms with Crippen LogP contribution in [0, 0.1) is 0 Å². The molecule has 0 bridgehead atoms. The highest BCUT2D eigenvalue weighted by Crippen LogP contribution is 2.29. The van der Waals surface area contributed by atoms with Crippen molar-refractivity contribution in [1.29, 1.82) is 0 Å². The van der Waals surface area contributed by atoms with Crippen molar-refractivity contribution in [2.24, 2.45) is 0 Å². The topological polar surface area (TPSA) is 125 Å². The number of hydrogen-bond donors (Lipinski definition) is 4. The monoisotopic (exact) mass is 417 g/mol. The van der Waals surface area contributed by atoms with Gasteiger partial charge in [0.15, 0.2) is 5.82 Å². The molecule has 0 aliphatic heterocycles. The van der Waals surface area contributed by atoms with Crippen LogP contribution in [0.15, 0.2) is 54.7 Å². The average Bonchev–Trinajstić information content (AvgIpc) is 3.43. The van der Waals surface area contributed by atoms with Gasteiger partial charge in [0.25, 0.3) is 5.91 Å². The van der Waals surface area contributed by atoms with Crippen LogP contribution >= 0.6 is 11.6 Å². The van der Waals surface area contributed by atoms with Crippen LogP contribution in [0.1, 0.15) is 16.2 Å². The van der Waals surface area contributed by atoms with Crippen molar-refractivity contribution in [2.45, 2.75) is 6.54 Å². The molecule has 2 aromatic carbocycles. The summed E-state index contributed by atoms with van der Waals surface area (Å²) in [6.07, 6.45) is 1.77. The molecule has 5 rings (SSSR count). The lowest BCUT2D eigenvalue weighted by molar-refractivity contribution is 0.0950. The van der Waals surface area contributed by atoms with Gasteiger partial charge in [-0.1, -0.05) is 17.7 Å². The SMILES string of the molecule is Nc1nc2cc(-c3cc[nH]n3)ccc2c2[nH]c(CNC(=O)c3ccc(Cl)cc3)nc12. The van der Waals surface area contributed by atoms with Crippen LogP contribution in [0.2, 0.25) is 5.02 Å². The van der Waals surface area contributed by atoms with Gasteiger partial charge in [-0.05, 0) is 42.5 Å². The van der Waals surface area contributed by atoms with Crippen LogP contribution in [0.5, 0.6) is 0 Å². The summed E-state index contributed by atoms with van der Waals surface area (Å²) < 4.78 is 0. The number of hydrogen-bond acceptors (Lipinski definition) is 5. The molecular formula is C21H16ClN7O. The molecule has 0 fully saturated rings. The van der Waals surface area contributed by atoms with Crippen LogP contribution in [-0.2, 0) is 6.54 Å². The van der Waals surface area contributed by atoms with Gasteiger partial charge in [-0.3, -0.25) is 9.89 Å². The van der Waals surface area contributed by atoms with E-state index in [-0.39, 0.29) is 12.5 Å². The highest BCUT2D eigenvalue weighted by atomic mass is 35.5. The summed E-state index contributed by atoms with van der Waals surface area (Å²) in [6, 6.07) is 14.4. The standard InChI is InChI=1S/C21H16ClN7O/c22-13-4-1-11(2-5-13)21(30)24-10-17-27-18-14-6-3-12(15-7-8-25-29-15)9-16(14)26-20(23)19(18)28-17/h1-9H,10H2,(H2,23,26)(H,24,30)(H,25,29)(H,27,28). The van der Waals surface area contributed by atoms with E-state index in [1.807, 2.05) is 24.3 Å². The summed E-state index contributed by atoms with van der Waals surface area (Å²) in [7, 11) is 0. The predicted octanol–water partition coefficient (Wildman–Crippen LogP) is 3.67. The quantitative estimate of drug-likeness (QED) is 0.355. The number of benzene rings is 2. The molecular weight excluding hydrogens is 402 g/mol. The van der Waals surface area contributed by atoms with Gasteiger partial charge in [-0.2, -0.15) is 5.10 Å². The zero-order valence-corrected chi connectivity index (χ0v) is 16.4. The Kier molecular flexibility index (Phi) is 4.33. The molecule has 0 radical (unpaired) electrons. The second-order valence-electron chi connectivity index (χ2n) is 6.79. The van der Waals surface area contributed by atoms with E-state index in [1.165, 1.54) is 0 Å². The molecule has 0 spiro atoms. The van der Waals surface area contributed by atoms with E-state index in [4.69, 9.17) is 17.3 Å². The number of rotatable bonds is 4. The Labute approximate surface area is 175 Å². The molecule has 8 nitrogen and oxygen atoms in total. The number of nitrogens with one attached hydrogen (secondary N) is 3. The minimum atomic E-state index is -0.216. The van der Waals surface area contributed by atoms with Crippen molar-refractivity contribution in [3.05, 3.63) is 71.1 Å². The van der Waals surface area contributed by atoms with E-state index in [0.29, 0.717) is 27.7 Å². The van der Waals surface area contributed by atoms with E-state index in [9.17, 15) is 4.79 Å². The fourth-order valence-corrected chi connectivity index (χ4v) is 3.48. The van der Waals surface area contributed by atoms with E-state index in [1.54, 1.807) is 30.5 Å². The number of pyridine rings is 1. The number of aromatic amines is 2. The average molecular weight is 418 g/mol. The molecule has 0 aliphatic carbocycles. The number of anilines is 1. The van der Waals surface area contributed by atoms with Gasteiger partial charge < -0.3 is 16.0 Å². The molecule has 1 amide bonds. The highest BCUT2D eigenvalue weighted by molar-refractivity contribution is 6.30. The summed E-state index contributed by atoms with van der Waals surface area (Å²) in [6.45, 7) is 0.225. The Bertz CT molecular complexity index is 1370. The second-order valence-corrected chi connectivity index (χ2v) is 7.22. The minimum absolute atomic E-state index is 0.216. The maximum absolute atomic E-state index is 12.3. The molecule has 0 aliphatic rings. The fraction of sp³-hybridized carbons (Fsp3) is 0.0476. The third-order valence-electron chi connectivity index (χ3n) is 4.82. The van der Waals surface area contributed by atoms with Crippen LogP contribution in [0.4, 0.5) is 5.82 Å².